The number of benzene rings is 1. The zero-order chi connectivity index (χ0) is 15.0. The van der Waals surface area contributed by atoms with Crippen molar-refractivity contribution in [2.45, 2.75) is 46.0 Å². The molecule has 0 atom stereocenters. The van der Waals surface area contributed by atoms with Gasteiger partial charge in [-0.3, -0.25) is 0 Å². The monoisotopic (exact) mass is 279 g/mol. The molecule has 0 saturated carbocycles. The summed E-state index contributed by atoms with van der Waals surface area (Å²) in [6, 6.07) is 6.06. The molecule has 0 heterocycles. The molecule has 1 aromatic rings. The van der Waals surface area contributed by atoms with Crippen molar-refractivity contribution in [3.63, 3.8) is 0 Å². The van der Waals surface area contributed by atoms with Gasteiger partial charge in [0.2, 0.25) is 0 Å². The van der Waals surface area contributed by atoms with E-state index >= 15 is 0 Å². The van der Waals surface area contributed by atoms with Crippen molar-refractivity contribution in [2.75, 3.05) is 26.8 Å². The Morgan fingerprint density at radius 3 is 2.50 bits per heavy atom. The van der Waals surface area contributed by atoms with Crippen LogP contribution in [0.2, 0.25) is 0 Å². The molecule has 0 saturated heterocycles. The fraction of sp³-hybridized carbons (Fsp3) is 0.647. The number of unbranched alkanes of at least 4 members (excludes halogenated alkanes) is 1. The van der Waals surface area contributed by atoms with Crippen LogP contribution in [0.25, 0.3) is 0 Å². The molecule has 1 N–H and O–H groups in total. The van der Waals surface area contributed by atoms with Crippen LogP contribution >= 0.6 is 0 Å². The molecule has 1 aromatic carbocycles. The molecule has 0 spiro atoms. The molecular formula is C17H29NO2. The summed E-state index contributed by atoms with van der Waals surface area (Å²) in [7, 11) is 1.70. The van der Waals surface area contributed by atoms with Crippen molar-refractivity contribution < 1.29 is 9.47 Å². The van der Waals surface area contributed by atoms with E-state index in [4.69, 9.17) is 9.47 Å². The maximum atomic E-state index is 5.96. The quantitative estimate of drug-likeness (QED) is 0.735. The van der Waals surface area contributed by atoms with Gasteiger partial charge in [0.15, 0.2) is 0 Å². The van der Waals surface area contributed by atoms with Crippen molar-refractivity contribution in [3.8, 4) is 11.5 Å². The highest BCUT2D eigenvalue weighted by Gasteiger charge is 2.19. The van der Waals surface area contributed by atoms with Gasteiger partial charge >= 0.3 is 0 Å². The summed E-state index contributed by atoms with van der Waals surface area (Å²) in [5.74, 6) is 1.86. The minimum absolute atomic E-state index is 0.0492. The Balaban J connectivity index is 2.60. The zero-order valence-corrected chi connectivity index (χ0v) is 13.6. The molecule has 20 heavy (non-hydrogen) atoms. The van der Waals surface area contributed by atoms with Gasteiger partial charge in [-0.25, -0.2) is 0 Å². The van der Waals surface area contributed by atoms with Crippen LogP contribution in [0.5, 0.6) is 11.5 Å². The molecule has 0 aliphatic heterocycles. The summed E-state index contributed by atoms with van der Waals surface area (Å²) in [5, 5.41) is 3.33. The van der Waals surface area contributed by atoms with Gasteiger partial charge in [-0.15, -0.1) is 0 Å². The minimum atomic E-state index is 0.0492. The minimum Gasteiger partial charge on any atom is -0.497 e. The molecule has 0 aliphatic rings. The molecule has 0 aromatic heterocycles. The summed E-state index contributed by atoms with van der Waals surface area (Å²) >= 11 is 0. The van der Waals surface area contributed by atoms with Crippen molar-refractivity contribution in [2.24, 2.45) is 0 Å². The Morgan fingerprint density at radius 2 is 1.90 bits per heavy atom. The van der Waals surface area contributed by atoms with Gasteiger partial charge in [0.25, 0.3) is 0 Å². The third kappa shape index (κ3) is 5.41. The summed E-state index contributed by atoms with van der Waals surface area (Å²) in [4.78, 5) is 0. The molecule has 0 amide bonds. The molecule has 3 heteroatoms. The molecule has 0 bridgehead atoms. The molecule has 114 valence electrons. The van der Waals surface area contributed by atoms with Crippen molar-refractivity contribution in [1.82, 2.24) is 5.32 Å². The van der Waals surface area contributed by atoms with E-state index in [-0.39, 0.29) is 5.41 Å². The van der Waals surface area contributed by atoms with Crippen LogP contribution in [0.3, 0.4) is 0 Å². The first-order valence-electron chi connectivity index (χ1n) is 7.51. The van der Waals surface area contributed by atoms with Crippen LogP contribution in [0.4, 0.5) is 0 Å². The molecular weight excluding hydrogens is 250 g/mol. The lowest BCUT2D eigenvalue weighted by Crippen LogP contribution is -2.16. The average molecular weight is 279 g/mol. The van der Waals surface area contributed by atoms with Crippen LogP contribution < -0.4 is 14.8 Å². The van der Waals surface area contributed by atoms with Crippen LogP contribution in [-0.2, 0) is 5.41 Å². The first-order valence-corrected chi connectivity index (χ1v) is 7.51. The van der Waals surface area contributed by atoms with E-state index in [9.17, 15) is 0 Å². The Hall–Kier alpha value is -1.22. The maximum Gasteiger partial charge on any atom is 0.123 e. The molecule has 0 aliphatic carbocycles. The SMILES string of the molecule is CCNCCCCOc1ccc(OC)cc1C(C)(C)C. The predicted octanol–water partition coefficient (Wildman–Crippen LogP) is 3.76. The average Bonchev–Trinajstić information content (AvgIpc) is 2.41. The van der Waals surface area contributed by atoms with Crippen molar-refractivity contribution in [1.29, 1.82) is 0 Å². The largest absolute Gasteiger partial charge is 0.497 e. The van der Waals surface area contributed by atoms with Gasteiger partial charge in [0.1, 0.15) is 11.5 Å². The lowest BCUT2D eigenvalue weighted by Gasteiger charge is -2.23. The van der Waals surface area contributed by atoms with Crippen molar-refractivity contribution in [3.05, 3.63) is 23.8 Å². The van der Waals surface area contributed by atoms with Crippen LogP contribution in [0, 0.1) is 0 Å². The highest BCUT2D eigenvalue weighted by atomic mass is 16.5. The van der Waals surface area contributed by atoms with E-state index in [1.54, 1.807) is 7.11 Å². The molecule has 0 radical (unpaired) electrons. The van der Waals surface area contributed by atoms with Gasteiger partial charge in [0.05, 0.1) is 13.7 Å². The van der Waals surface area contributed by atoms with Gasteiger partial charge in [-0.05, 0) is 49.5 Å². The summed E-state index contributed by atoms with van der Waals surface area (Å²) in [6.07, 6.45) is 2.22. The fourth-order valence-corrected chi connectivity index (χ4v) is 2.06. The summed E-state index contributed by atoms with van der Waals surface area (Å²) in [5.41, 5.74) is 1.25. The lowest BCUT2D eigenvalue weighted by atomic mass is 9.86. The van der Waals surface area contributed by atoms with E-state index in [0.29, 0.717) is 0 Å². The second-order valence-electron chi connectivity index (χ2n) is 6.02. The van der Waals surface area contributed by atoms with Crippen LogP contribution in [-0.4, -0.2) is 26.8 Å². The van der Waals surface area contributed by atoms with Crippen molar-refractivity contribution >= 4 is 0 Å². The number of nitrogens with one attached hydrogen (secondary N) is 1. The number of hydrogen-bond donors (Lipinski definition) is 1. The highest BCUT2D eigenvalue weighted by Crippen LogP contribution is 2.34. The number of ether oxygens (including phenoxy) is 2. The second-order valence-corrected chi connectivity index (χ2v) is 6.02. The Morgan fingerprint density at radius 1 is 1.15 bits per heavy atom. The highest BCUT2D eigenvalue weighted by molar-refractivity contribution is 5.44. The summed E-state index contributed by atoms with van der Waals surface area (Å²) < 4.78 is 11.3. The smallest absolute Gasteiger partial charge is 0.123 e. The van der Waals surface area contributed by atoms with Gasteiger partial charge < -0.3 is 14.8 Å². The Kier molecular flexibility index (Phi) is 6.86. The fourth-order valence-electron chi connectivity index (χ4n) is 2.06. The predicted molar refractivity (Wildman–Crippen MR) is 85.0 cm³/mol. The standard InChI is InChI=1S/C17H29NO2/c1-6-18-11-7-8-12-20-16-10-9-14(19-5)13-15(16)17(2,3)4/h9-10,13,18H,6-8,11-12H2,1-5H3. The normalized spacial score (nSPS) is 11.4. The van der Waals surface area contributed by atoms with E-state index in [2.05, 4.69) is 39.1 Å². The van der Waals surface area contributed by atoms with Gasteiger partial charge in [-0.1, -0.05) is 27.7 Å². The number of methoxy groups -OCH3 is 1. The van der Waals surface area contributed by atoms with E-state index < -0.39 is 0 Å². The van der Waals surface area contributed by atoms with E-state index in [0.717, 1.165) is 44.0 Å². The number of rotatable bonds is 8. The van der Waals surface area contributed by atoms with Crippen LogP contribution in [0.15, 0.2) is 18.2 Å². The van der Waals surface area contributed by atoms with Crippen LogP contribution in [0.1, 0.15) is 46.1 Å². The Labute approximate surface area is 123 Å². The second kappa shape index (κ2) is 8.15. The molecule has 0 fully saturated rings. The third-order valence-corrected chi connectivity index (χ3v) is 3.25. The van der Waals surface area contributed by atoms with Gasteiger partial charge in [0, 0.05) is 5.56 Å². The third-order valence-electron chi connectivity index (χ3n) is 3.25. The number of hydrogen-bond acceptors (Lipinski definition) is 3. The molecule has 1 rings (SSSR count). The lowest BCUT2D eigenvalue weighted by molar-refractivity contribution is 0.297. The van der Waals surface area contributed by atoms with E-state index in [1.165, 1.54) is 5.56 Å². The Bertz CT molecular complexity index is 396. The first kappa shape index (κ1) is 16.8. The van der Waals surface area contributed by atoms with Gasteiger partial charge in [-0.2, -0.15) is 0 Å². The first-order chi connectivity index (χ1) is 9.49. The van der Waals surface area contributed by atoms with E-state index in [1.807, 2.05) is 12.1 Å². The summed E-state index contributed by atoms with van der Waals surface area (Å²) in [6.45, 7) is 11.6. The topological polar surface area (TPSA) is 30.5 Å². The maximum absolute atomic E-state index is 5.96. The zero-order valence-electron chi connectivity index (χ0n) is 13.6. The molecule has 0 unspecified atom stereocenters. The molecule has 3 nitrogen and oxygen atoms in total.